The Bertz CT molecular complexity index is 251. The van der Waals surface area contributed by atoms with Gasteiger partial charge in [-0.05, 0) is 31.2 Å². The molecule has 152 valence electrons. The number of rotatable bonds is 19. The van der Waals surface area contributed by atoms with Crippen molar-refractivity contribution in [1.29, 1.82) is 0 Å². The molecule has 0 fully saturated rings. The highest BCUT2D eigenvalue weighted by molar-refractivity contribution is 4.77. The number of hydrogen-bond acceptors (Lipinski definition) is 3. The fourth-order valence-corrected chi connectivity index (χ4v) is 3.54. The summed E-state index contributed by atoms with van der Waals surface area (Å²) < 4.78 is 10.6. The Hall–Kier alpha value is -0.120. The summed E-state index contributed by atoms with van der Waals surface area (Å²) in [6, 6.07) is 0. The molecular formula is C22H47NO2. The third kappa shape index (κ3) is 14.7. The van der Waals surface area contributed by atoms with Gasteiger partial charge in [0.15, 0.2) is 0 Å². The predicted molar refractivity (Wildman–Crippen MR) is 110 cm³/mol. The van der Waals surface area contributed by atoms with Gasteiger partial charge in [-0.15, -0.1) is 0 Å². The number of unbranched alkanes of at least 4 members (excludes halogenated alkanes) is 6. The molecule has 0 saturated heterocycles. The zero-order valence-electron chi connectivity index (χ0n) is 18.1. The monoisotopic (exact) mass is 357 g/mol. The zero-order valence-corrected chi connectivity index (χ0v) is 18.1. The minimum Gasteiger partial charge on any atom is -0.383 e. The molecule has 0 radical (unpaired) electrons. The van der Waals surface area contributed by atoms with E-state index in [0.717, 1.165) is 26.3 Å². The van der Waals surface area contributed by atoms with Gasteiger partial charge in [-0.3, -0.25) is 4.90 Å². The summed E-state index contributed by atoms with van der Waals surface area (Å²) in [5.41, 5.74) is 0.500. The number of methoxy groups -OCH3 is 2. The van der Waals surface area contributed by atoms with Crippen molar-refractivity contribution in [1.82, 2.24) is 4.90 Å². The standard InChI is InChI=1S/C22H47NO2/c1-6-8-10-12-14-22(3,15-13-11-9-7-2)16-17-23(18-20-24-4)19-21-25-5/h6-21H2,1-5H3. The predicted octanol–water partition coefficient (Wildman–Crippen LogP) is 5.92. The van der Waals surface area contributed by atoms with Gasteiger partial charge in [0.1, 0.15) is 0 Å². The van der Waals surface area contributed by atoms with Crippen molar-refractivity contribution in [2.75, 3.05) is 47.1 Å². The van der Waals surface area contributed by atoms with Crippen LogP contribution in [-0.2, 0) is 9.47 Å². The minimum absolute atomic E-state index is 0.500. The number of nitrogens with zero attached hydrogens (tertiary/aromatic N) is 1. The molecule has 0 aromatic rings. The molecule has 0 aliphatic heterocycles. The lowest BCUT2D eigenvalue weighted by molar-refractivity contribution is 0.0991. The van der Waals surface area contributed by atoms with E-state index in [1.54, 1.807) is 14.2 Å². The van der Waals surface area contributed by atoms with E-state index in [0.29, 0.717) is 5.41 Å². The molecule has 3 heteroatoms. The van der Waals surface area contributed by atoms with Crippen molar-refractivity contribution in [3.8, 4) is 0 Å². The molecule has 0 aliphatic carbocycles. The lowest BCUT2D eigenvalue weighted by atomic mass is 9.77. The minimum atomic E-state index is 0.500. The molecule has 0 aromatic carbocycles. The van der Waals surface area contributed by atoms with Crippen molar-refractivity contribution >= 4 is 0 Å². The largest absolute Gasteiger partial charge is 0.383 e. The number of hydrogen-bond donors (Lipinski definition) is 0. The molecule has 0 unspecified atom stereocenters. The van der Waals surface area contributed by atoms with Gasteiger partial charge in [0.05, 0.1) is 13.2 Å². The Morgan fingerprint density at radius 2 is 1.12 bits per heavy atom. The van der Waals surface area contributed by atoms with Gasteiger partial charge in [0.2, 0.25) is 0 Å². The van der Waals surface area contributed by atoms with Crippen LogP contribution in [0.2, 0.25) is 0 Å². The SMILES string of the molecule is CCCCCCC(C)(CCCCCC)CCN(CCOC)CCOC. The zero-order chi connectivity index (χ0) is 18.8. The van der Waals surface area contributed by atoms with E-state index >= 15 is 0 Å². The lowest BCUT2D eigenvalue weighted by Gasteiger charge is -2.33. The second-order valence-corrected chi connectivity index (χ2v) is 8.01. The lowest BCUT2D eigenvalue weighted by Crippen LogP contribution is -2.34. The van der Waals surface area contributed by atoms with Crippen molar-refractivity contribution < 1.29 is 9.47 Å². The summed E-state index contributed by atoms with van der Waals surface area (Å²) in [4.78, 5) is 2.52. The average molecular weight is 358 g/mol. The van der Waals surface area contributed by atoms with Crippen LogP contribution in [0.4, 0.5) is 0 Å². The van der Waals surface area contributed by atoms with Gasteiger partial charge >= 0.3 is 0 Å². The number of ether oxygens (including phenoxy) is 2. The quantitative estimate of drug-likeness (QED) is 0.268. The van der Waals surface area contributed by atoms with E-state index in [1.165, 1.54) is 77.2 Å². The molecule has 0 N–H and O–H groups in total. The van der Waals surface area contributed by atoms with Crippen molar-refractivity contribution in [3.63, 3.8) is 0 Å². The third-order valence-corrected chi connectivity index (χ3v) is 5.52. The fraction of sp³-hybridized carbons (Fsp3) is 1.00. The van der Waals surface area contributed by atoms with Gasteiger partial charge in [-0.2, -0.15) is 0 Å². The topological polar surface area (TPSA) is 21.7 Å². The normalized spacial score (nSPS) is 12.2. The molecule has 0 atom stereocenters. The summed E-state index contributed by atoms with van der Waals surface area (Å²) >= 11 is 0. The maximum Gasteiger partial charge on any atom is 0.0589 e. The van der Waals surface area contributed by atoms with Crippen LogP contribution >= 0.6 is 0 Å². The molecular weight excluding hydrogens is 310 g/mol. The summed E-state index contributed by atoms with van der Waals surface area (Å²) in [7, 11) is 3.58. The molecule has 0 rings (SSSR count). The van der Waals surface area contributed by atoms with Gasteiger partial charge in [0, 0.05) is 27.3 Å². The molecule has 3 nitrogen and oxygen atoms in total. The van der Waals surface area contributed by atoms with E-state index in [9.17, 15) is 0 Å². The van der Waals surface area contributed by atoms with E-state index in [4.69, 9.17) is 9.47 Å². The van der Waals surface area contributed by atoms with Crippen LogP contribution in [-0.4, -0.2) is 52.0 Å². The van der Waals surface area contributed by atoms with Crippen molar-refractivity contribution in [2.45, 2.75) is 91.4 Å². The molecule has 0 spiro atoms. The Kier molecular flexibility index (Phi) is 17.2. The van der Waals surface area contributed by atoms with Gasteiger partial charge in [-0.25, -0.2) is 0 Å². The molecule has 0 aromatic heterocycles. The Morgan fingerprint density at radius 1 is 0.640 bits per heavy atom. The van der Waals surface area contributed by atoms with Gasteiger partial charge < -0.3 is 9.47 Å². The summed E-state index contributed by atoms with van der Waals surface area (Å²) in [5.74, 6) is 0. The van der Waals surface area contributed by atoms with Crippen LogP contribution in [0.5, 0.6) is 0 Å². The second-order valence-electron chi connectivity index (χ2n) is 8.01. The fourth-order valence-electron chi connectivity index (χ4n) is 3.54. The van der Waals surface area contributed by atoms with Crippen LogP contribution < -0.4 is 0 Å². The first kappa shape index (κ1) is 24.9. The Morgan fingerprint density at radius 3 is 1.52 bits per heavy atom. The van der Waals surface area contributed by atoms with Crippen LogP contribution in [0.3, 0.4) is 0 Å². The van der Waals surface area contributed by atoms with Gasteiger partial charge in [-0.1, -0.05) is 72.1 Å². The van der Waals surface area contributed by atoms with Gasteiger partial charge in [0.25, 0.3) is 0 Å². The summed E-state index contributed by atoms with van der Waals surface area (Å²) in [6.45, 7) is 12.0. The summed E-state index contributed by atoms with van der Waals surface area (Å²) in [5, 5.41) is 0. The maximum atomic E-state index is 5.29. The maximum absolute atomic E-state index is 5.29. The van der Waals surface area contributed by atoms with E-state index in [-0.39, 0.29) is 0 Å². The highest BCUT2D eigenvalue weighted by Gasteiger charge is 2.24. The average Bonchev–Trinajstić information content (AvgIpc) is 2.62. The third-order valence-electron chi connectivity index (χ3n) is 5.52. The van der Waals surface area contributed by atoms with E-state index in [2.05, 4.69) is 25.7 Å². The van der Waals surface area contributed by atoms with Crippen LogP contribution in [0.15, 0.2) is 0 Å². The smallest absolute Gasteiger partial charge is 0.0589 e. The van der Waals surface area contributed by atoms with E-state index in [1.807, 2.05) is 0 Å². The highest BCUT2D eigenvalue weighted by Crippen LogP contribution is 2.35. The summed E-state index contributed by atoms with van der Waals surface area (Å²) in [6.07, 6.45) is 15.1. The first-order valence-electron chi connectivity index (χ1n) is 10.8. The van der Waals surface area contributed by atoms with Crippen LogP contribution in [0, 0.1) is 5.41 Å². The van der Waals surface area contributed by atoms with E-state index < -0.39 is 0 Å². The highest BCUT2D eigenvalue weighted by atomic mass is 16.5. The molecule has 0 saturated carbocycles. The Balaban J connectivity index is 4.46. The van der Waals surface area contributed by atoms with Crippen LogP contribution in [0.1, 0.15) is 91.4 Å². The van der Waals surface area contributed by atoms with Crippen LogP contribution in [0.25, 0.3) is 0 Å². The Labute approximate surface area is 158 Å². The molecule has 0 heterocycles. The molecule has 0 bridgehead atoms. The van der Waals surface area contributed by atoms with Crippen molar-refractivity contribution in [3.05, 3.63) is 0 Å². The molecule has 25 heavy (non-hydrogen) atoms. The van der Waals surface area contributed by atoms with Crippen molar-refractivity contribution in [2.24, 2.45) is 5.41 Å². The second kappa shape index (κ2) is 17.3. The first-order valence-corrected chi connectivity index (χ1v) is 10.8. The molecule has 0 aliphatic rings. The molecule has 0 amide bonds. The first-order chi connectivity index (χ1) is 12.1.